The van der Waals surface area contributed by atoms with Crippen molar-refractivity contribution >= 4 is 0 Å². The fourth-order valence-corrected chi connectivity index (χ4v) is 3.51. The van der Waals surface area contributed by atoms with E-state index >= 15 is 0 Å². The number of rotatable bonds is 11. The molecule has 1 aliphatic rings. The topological polar surface area (TPSA) is 99.4 Å². The van der Waals surface area contributed by atoms with Crippen LogP contribution in [0.3, 0.4) is 0 Å². The number of hydrogen-bond donors (Lipinski definition) is 4. The molecule has 0 saturated carbocycles. The molecule has 154 valence electrons. The molecule has 1 unspecified atom stereocenters. The second-order valence-electron chi connectivity index (χ2n) is 7.30. The van der Waals surface area contributed by atoms with E-state index in [1.54, 1.807) is 24.3 Å². The summed E-state index contributed by atoms with van der Waals surface area (Å²) >= 11 is 0. The van der Waals surface area contributed by atoms with Crippen molar-refractivity contribution in [3.63, 3.8) is 0 Å². The van der Waals surface area contributed by atoms with E-state index in [9.17, 15) is 20.4 Å². The summed E-state index contributed by atoms with van der Waals surface area (Å²) in [6.45, 7) is 1.98. The average Bonchev–Trinajstić information content (AvgIpc) is 2.69. The largest absolute Gasteiger partial charge is 0.394 e. The molecule has 0 spiro atoms. The van der Waals surface area contributed by atoms with Gasteiger partial charge >= 0.3 is 0 Å². The number of aliphatic hydroxyl groups is 4. The number of unbranched alkanes of at least 4 members (excludes halogenated alkanes) is 6. The molecule has 1 fully saturated rings. The molecule has 1 aromatic carbocycles. The van der Waals surface area contributed by atoms with Gasteiger partial charge in [-0.25, -0.2) is 0 Å². The highest BCUT2D eigenvalue weighted by Crippen LogP contribution is 2.41. The molecule has 0 radical (unpaired) electrons. The van der Waals surface area contributed by atoms with Crippen LogP contribution in [0.5, 0.6) is 0 Å². The molecule has 4 N–H and O–H groups in total. The lowest BCUT2D eigenvalue weighted by molar-refractivity contribution is -0.369. The van der Waals surface area contributed by atoms with Crippen molar-refractivity contribution in [3.8, 4) is 0 Å². The lowest BCUT2D eigenvalue weighted by Crippen LogP contribution is -2.64. The first kappa shape index (κ1) is 22.3. The fourth-order valence-electron chi connectivity index (χ4n) is 3.51. The Bertz CT molecular complexity index is 525. The summed E-state index contributed by atoms with van der Waals surface area (Å²) in [6.07, 6.45) is 2.72. The minimum absolute atomic E-state index is 0.255. The smallest absolute Gasteiger partial charge is 0.226 e. The van der Waals surface area contributed by atoms with Gasteiger partial charge in [0.05, 0.1) is 13.2 Å². The highest BCUT2D eigenvalue weighted by atomic mass is 16.7. The van der Waals surface area contributed by atoms with E-state index in [1.807, 2.05) is 6.07 Å². The van der Waals surface area contributed by atoms with Crippen LogP contribution in [0.25, 0.3) is 0 Å². The Morgan fingerprint density at radius 3 is 2.26 bits per heavy atom. The van der Waals surface area contributed by atoms with Crippen molar-refractivity contribution in [3.05, 3.63) is 35.9 Å². The van der Waals surface area contributed by atoms with Gasteiger partial charge in [-0.15, -0.1) is 0 Å². The maximum absolute atomic E-state index is 11.1. The molecule has 0 amide bonds. The molecule has 5 atom stereocenters. The van der Waals surface area contributed by atoms with Crippen LogP contribution in [0, 0.1) is 0 Å². The summed E-state index contributed by atoms with van der Waals surface area (Å²) in [5.74, 6) is -2.07. The molecule has 2 rings (SSSR count). The van der Waals surface area contributed by atoms with E-state index < -0.39 is 36.8 Å². The third-order valence-corrected chi connectivity index (χ3v) is 5.18. The van der Waals surface area contributed by atoms with Crippen LogP contribution in [0.15, 0.2) is 30.3 Å². The van der Waals surface area contributed by atoms with E-state index in [1.165, 1.54) is 25.7 Å². The molecule has 1 saturated heterocycles. The number of ether oxygens (including phenoxy) is 2. The van der Waals surface area contributed by atoms with Crippen LogP contribution in [0.4, 0.5) is 0 Å². The minimum Gasteiger partial charge on any atom is -0.394 e. The Morgan fingerprint density at radius 1 is 1.00 bits per heavy atom. The second kappa shape index (κ2) is 11.1. The molecule has 0 bridgehead atoms. The highest BCUT2D eigenvalue weighted by Gasteiger charge is 2.56. The molecule has 1 aromatic rings. The van der Waals surface area contributed by atoms with Gasteiger partial charge in [0.1, 0.15) is 24.4 Å². The zero-order valence-corrected chi connectivity index (χ0v) is 16.2. The zero-order chi connectivity index (χ0) is 19.7. The summed E-state index contributed by atoms with van der Waals surface area (Å²) in [5, 5.41) is 41.2. The Hall–Kier alpha value is -1.02. The number of aliphatic hydroxyl groups excluding tert-OH is 3. The van der Waals surface area contributed by atoms with Gasteiger partial charge in [-0.3, -0.25) is 0 Å². The molecule has 0 aromatic heterocycles. The third kappa shape index (κ3) is 5.73. The van der Waals surface area contributed by atoms with Gasteiger partial charge in [0.15, 0.2) is 0 Å². The Kier molecular flexibility index (Phi) is 9.15. The van der Waals surface area contributed by atoms with Crippen molar-refractivity contribution in [2.45, 2.75) is 82.1 Å². The van der Waals surface area contributed by atoms with Crippen LogP contribution >= 0.6 is 0 Å². The van der Waals surface area contributed by atoms with Crippen LogP contribution in [-0.2, 0) is 9.47 Å². The molecule has 0 aliphatic carbocycles. The summed E-state index contributed by atoms with van der Waals surface area (Å²) in [4.78, 5) is 0. The van der Waals surface area contributed by atoms with Crippen LogP contribution < -0.4 is 0 Å². The minimum atomic E-state index is -2.07. The van der Waals surface area contributed by atoms with E-state index in [2.05, 4.69) is 6.92 Å². The van der Waals surface area contributed by atoms with Gasteiger partial charge in [-0.05, 0) is 12.0 Å². The highest BCUT2D eigenvalue weighted by molar-refractivity contribution is 5.22. The van der Waals surface area contributed by atoms with Crippen LogP contribution in [-0.4, -0.2) is 57.7 Å². The van der Waals surface area contributed by atoms with Crippen molar-refractivity contribution < 1.29 is 29.9 Å². The Morgan fingerprint density at radius 2 is 1.63 bits per heavy atom. The Labute approximate surface area is 161 Å². The van der Waals surface area contributed by atoms with Gasteiger partial charge in [0.2, 0.25) is 5.79 Å². The number of benzene rings is 1. The molecule has 6 heteroatoms. The quantitative estimate of drug-likeness (QED) is 0.346. The first-order valence-corrected chi connectivity index (χ1v) is 10.1. The van der Waals surface area contributed by atoms with E-state index in [-0.39, 0.29) is 6.61 Å². The monoisotopic (exact) mass is 382 g/mol. The maximum atomic E-state index is 11.1. The molecule has 1 aliphatic heterocycles. The van der Waals surface area contributed by atoms with Gasteiger partial charge in [0.25, 0.3) is 0 Å². The molecular weight excluding hydrogens is 348 g/mol. The van der Waals surface area contributed by atoms with E-state index in [0.29, 0.717) is 5.56 Å². The SMILES string of the molecule is CCCCCCCCCO[C@@]1(O)C(c2ccccc2)O[C@H](CO)[C@@H](O)[C@@H]1O. The third-order valence-electron chi connectivity index (χ3n) is 5.18. The lowest BCUT2D eigenvalue weighted by atomic mass is 9.88. The van der Waals surface area contributed by atoms with Crippen molar-refractivity contribution in [1.29, 1.82) is 0 Å². The summed E-state index contributed by atoms with van der Waals surface area (Å²) < 4.78 is 11.4. The molecule has 27 heavy (non-hydrogen) atoms. The van der Waals surface area contributed by atoms with Gasteiger partial charge < -0.3 is 29.9 Å². The zero-order valence-electron chi connectivity index (χ0n) is 16.2. The predicted molar refractivity (Wildman–Crippen MR) is 102 cm³/mol. The van der Waals surface area contributed by atoms with Crippen molar-refractivity contribution in [2.24, 2.45) is 0 Å². The normalized spacial score (nSPS) is 31.1. The average molecular weight is 382 g/mol. The van der Waals surface area contributed by atoms with Crippen molar-refractivity contribution in [1.82, 2.24) is 0 Å². The molecular formula is C21H34O6. The molecule has 1 heterocycles. The predicted octanol–water partition coefficient (Wildman–Crippen LogP) is 2.30. The van der Waals surface area contributed by atoms with Gasteiger partial charge in [0, 0.05) is 0 Å². The van der Waals surface area contributed by atoms with E-state index in [0.717, 1.165) is 19.3 Å². The lowest BCUT2D eigenvalue weighted by Gasteiger charge is -2.47. The second-order valence-corrected chi connectivity index (χ2v) is 7.30. The Balaban J connectivity index is 1.98. The summed E-state index contributed by atoms with van der Waals surface area (Å²) in [5.41, 5.74) is 0.615. The van der Waals surface area contributed by atoms with E-state index in [4.69, 9.17) is 9.47 Å². The van der Waals surface area contributed by atoms with Gasteiger partial charge in [-0.1, -0.05) is 75.8 Å². The summed E-state index contributed by atoms with van der Waals surface area (Å²) in [6, 6.07) is 8.93. The maximum Gasteiger partial charge on any atom is 0.226 e. The molecule has 6 nitrogen and oxygen atoms in total. The standard InChI is InChI=1S/C21H34O6/c1-2-3-4-5-6-7-11-14-26-21(25)19(24)18(23)17(15-22)27-20(21)16-12-9-8-10-13-16/h8-10,12-13,17-20,22-25H,2-7,11,14-15H2,1H3/t17-,18-,19+,20?,21-/m1/s1. The van der Waals surface area contributed by atoms with Crippen molar-refractivity contribution in [2.75, 3.05) is 13.2 Å². The number of hydrogen-bond acceptors (Lipinski definition) is 6. The first-order valence-electron chi connectivity index (χ1n) is 10.1. The van der Waals surface area contributed by atoms with Gasteiger partial charge in [-0.2, -0.15) is 0 Å². The first-order chi connectivity index (χ1) is 13.0. The fraction of sp³-hybridized carbons (Fsp3) is 0.714. The van der Waals surface area contributed by atoms with Crippen LogP contribution in [0.1, 0.15) is 63.5 Å². The van der Waals surface area contributed by atoms with Crippen LogP contribution in [0.2, 0.25) is 0 Å². The summed E-state index contributed by atoms with van der Waals surface area (Å²) in [7, 11) is 0.